The average Bonchev–Trinajstić information content (AvgIpc) is 3.46. The number of carbonyl (C=O) groups excluding carboxylic acids is 2. The van der Waals surface area contributed by atoms with E-state index in [1.807, 2.05) is 51.6 Å². The summed E-state index contributed by atoms with van der Waals surface area (Å²) in [6.45, 7) is 1.73. The molecule has 32 heavy (non-hydrogen) atoms. The van der Waals surface area contributed by atoms with Crippen molar-refractivity contribution in [2.75, 3.05) is 36.2 Å². The van der Waals surface area contributed by atoms with Crippen LogP contribution < -0.4 is 0 Å². The number of para-hydroxylation sites is 1. The number of aromatic nitrogens is 1. The Kier molecular flexibility index (Phi) is 6.15. The summed E-state index contributed by atoms with van der Waals surface area (Å²) in [6, 6.07) is 15.8. The van der Waals surface area contributed by atoms with Crippen molar-refractivity contribution in [1.82, 2.24) is 14.4 Å². The van der Waals surface area contributed by atoms with Gasteiger partial charge in [-0.3, -0.25) is 9.59 Å². The van der Waals surface area contributed by atoms with Gasteiger partial charge in [0.05, 0.1) is 12.4 Å². The lowest BCUT2D eigenvalue weighted by Crippen LogP contribution is -2.51. The SMILES string of the molecule is O=C(C1CSCN1C(=O)c1cc2ccccc2n1Cc1ccccc1F)N1CCSCC1. The molecule has 0 aliphatic carbocycles. The molecule has 1 aromatic heterocycles. The highest BCUT2D eigenvalue weighted by Crippen LogP contribution is 2.29. The van der Waals surface area contributed by atoms with E-state index < -0.39 is 6.04 Å². The topological polar surface area (TPSA) is 45.6 Å². The normalized spacial score (nSPS) is 19.0. The first-order valence-electron chi connectivity index (χ1n) is 10.7. The third kappa shape index (κ3) is 4.01. The van der Waals surface area contributed by atoms with Crippen LogP contribution in [-0.4, -0.2) is 68.4 Å². The fourth-order valence-corrected chi connectivity index (χ4v) is 6.39. The summed E-state index contributed by atoms with van der Waals surface area (Å²) >= 11 is 3.46. The molecule has 3 heterocycles. The number of halogens is 1. The third-order valence-corrected chi connectivity index (χ3v) is 8.02. The van der Waals surface area contributed by atoms with Gasteiger partial charge in [0, 0.05) is 46.8 Å². The number of amides is 2. The van der Waals surface area contributed by atoms with Crippen molar-refractivity contribution in [3.05, 3.63) is 71.7 Å². The van der Waals surface area contributed by atoms with Gasteiger partial charge in [-0.15, -0.1) is 11.8 Å². The van der Waals surface area contributed by atoms with Crippen LogP contribution in [0.1, 0.15) is 16.1 Å². The number of carbonyl (C=O) groups is 2. The minimum atomic E-state index is -0.449. The maximum Gasteiger partial charge on any atom is 0.271 e. The number of thioether (sulfide) groups is 2. The summed E-state index contributed by atoms with van der Waals surface area (Å²) in [7, 11) is 0. The number of benzene rings is 2. The van der Waals surface area contributed by atoms with Gasteiger partial charge in [0.15, 0.2) is 0 Å². The highest BCUT2D eigenvalue weighted by atomic mass is 32.2. The molecule has 1 unspecified atom stereocenters. The van der Waals surface area contributed by atoms with E-state index in [0.29, 0.717) is 22.9 Å². The van der Waals surface area contributed by atoms with Gasteiger partial charge in [0.2, 0.25) is 5.91 Å². The largest absolute Gasteiger partial charge is 0.339 e. The van der Waals surface area contributed by atoms with Crippen LogP contribution in [0.3, 0.4) is 0 Å². The summed E-state index contributed by atoms with van der Waals surface area (Å²) in [5, 5.41) is 0.926. The fraction of sp³-hybridized carbons (Fsp3) is 0.333. The predicted molar refractivity (Wildman–Crippen MR) is 129 cm³/mol. The smallest absolute Gasteiger partial charge is 0.271 e. The highest BCUT2D eigenvalue weighted by molar-refractivity contribution is 7.99. The lowest BCUT2D eigenvalue weighted by atomic mass is 10.2. The quantitative estimate of drug-likeness (QED) is 0.581. The Labute approximate surface area is 194 Å². The Bertz CT molecular complexity index is 1160. The Hall–Kier alpha value is -2.45. The molecule has 5 rings (SSSR count). The highest BCUT2D eigenvalue weighted by Gasteiger charge is 2.38. The van der Waals surface area contributed by atoms with Gasteiger partial charge in [0.1, 0.15) is 17.6 Å². The molecule has 0 N–H and O–H groups in total. The van der Waals surface area contributed by atoms with Crippen LogP contribution in [0.4, 0.5) is 4.39 Å². The zero-order chi connectivity index (χ0) is 22.1. The van der Waals surface area contributed by atoms with E-state index >= 15 is 0 Å². The molecule has 1 atom stereocenters. The third-order valence-electron chi connectivity index (χ3n) is 6.07. The van der Waals surface area contributed by atoms with E-state index in [2.05, 4.69) is 0 Å². The first kappa shape index (κ1) is 21.4. The van der Waals surface area contributed by atoms with Gasteiger partial charge in [-0.2, -0.15) is 11.8 Å². The monoisotopic (exact) mass is 469 g/mol. The molecular weight excluding hydrogens is 445 g/mol. The van der Waals surface area contributed by atoms with Gasteiger partial charge < -0.3 is 14.4 Å². The van der Waals surface area contributed by atoms with E-state index in [4.69, 9.17) is 0 Å². The molecule has 2 aromatic carbocycles. The maximum atomic E-state index is 14.4. The molecule has 5 nitrogen and oxygen atoms in total. The van der Waals surface area contributed by atoms with Crippen LogP contribution >= 0.6 is 23.5 Å². The first-order valence-corrected chi connectivity index (χ1v) is 13.0. The van der Waals surface area contributed by atoms with Crippen molar-refractivity contribution >= 4 is 46.2 Å². The van der Waals surface area contributed by atoms with Gasteiger partial charge in [-0.25, -0.2) is 4.39 Å². The van der Waals surface area contributed by atoms with Crippen molar-refractivity contribution in [3.63, 3.8) is 0 Å². The van der Waals surface area contributed by atoms with Crippen molar-refractivity contribution in [2.45, 2.75) is 12.6 Å². The minimum absolute atomic E-state index is 0.0421. The van der Waals surface area contributed by atoms with Crippen molar-refractivity contribution in [3.8, 4) is 0 Å². The lowest BCUT2D eigenvalue weighted by molar-refractivity contribution is -0.134. The summed E-state index contributed by atoms with van der Waals surface area (Å²) in [5.41, 5.74) is 1.89. The number of rotatable bonds is 4. The Morgan fingerprint density at radius 1 is 1.00 bits per heavy atom. The zero-order valence-electron chi connectivity index (χ0n) is 17.6. The molecule has 3 aromatic rings. The standard InChI is InChI=1S/C24H24FN3O2S2/c25-19-7-3-1-6-18(19)14-27-20-8-4-2-5-17(20)13-21(27)24(30)28-16-32-15-22(28)23(29)26-9-11-31-12-10-26/h1-8,13,22H,9-12,14-16H2. The van der Waals surface area contributed by atoms with Gasteiger partial charge in [-0.1, -0.05) is 36.4 Å². The van der Waals surface area contributed by atoms with E-state index in [1.165, 1.54) is 6.07 Å². The molecule has 2 fully saturated rings. The molecule has 2 amide bonds. The average molecular weight is 470 g/mol. The summed E-state index contributed by atoms with van der Waals surface area (Å²) in [5.74, 6) is 2.55. The van der Waals surface area contributed by atoms with E-state index in [-0.39, 0.29) is 24.2 Å². The molecule has 2 aliphatic rings. The summed E-state index contributed by atoms with van der Waals surface area (Å²) in [4.78, 5) is 30.5. The Morgan fingerprint density at radius 3 is 2.56 bits per heavy atom. The molecule has 2 saturated heterocycles. The molecule has 0 radical (unpaired) electrons. The summed E-state index contributed by atoms with van der Waals surface area (Å²) in [6.07, 6.45) is 0. The second-order valence-corrected chi connectivity index (χ2v) is 10.2. The van der Waals surface area contributed by atoms with Crippen LogP contribution in [0.5, 0.6) is 0 Å². The Balaban J connectivity index is 1.49. The van der Waals surface area contributed by atoms with Crippen molar-refractivity contribution < 1.29 is 14.0 Å². The number of hydrogen-bond acceptors (Lipinski definition) is 4. The predicted octanol–water partition coefficient (Wildman–Crippen LogP) is 3.92. The zero-order valence-corrected chi connectivity index (χ0v) is 19.2. The minimum Gasteiger partial charge on any atom is -0.339 e. The molecule has 2 aliphatic heterocycles. The molecule has 0 spiro atoms. The molecule has 0 saturated carbocycles. The molecule has 0 bridgehead atoms. The number of nitrogens with zero attached hydrogens (tertiary/aromatic N) is 3. The summed E-state index contributed by atoms with van der Waals surface area (Å²) < 4.78 is 16.3. The number of hydrogen-bond donors (Lipinski definition) is 0. The molecule has 166 valence electrons. The van der Waals surface area contributed by atoms with Crippen LogP contribution in [0.25, 0.3) is 10.9 Å². The first-order chi connectivity index (χ1) is 15.6. The second kappa shape index (κ2) is 9.19. The van der Waals surface area contributed by atoms with Crippen LogP contribution in [0.15, 0.2) is 54.6 Å². The second-order valence-electron chi connectivity index (χ2n) is 7.99. The lowest BCUT2D eigenvalue weighted by Gasteiger charge is -2.32. The Morgan fingerprint density at radius 2 is 1.75 bits per heavy atom. The molecular formula is C24H24FN3O2S2. The fourth-order valence-electron chi connectivity index (χ4n) is 4.34. The van der Waals surface area contributed by atoms with Gasteiger partial charge in [0.25, 0.3) is 5.91 Å². The van der Waals surface area contributed by atoms with Gasteiger partial charge in [-0.05, 0) is 18.2 Å². The van der Waals surface area contributed by atoms with E-state index in [9.17, 15) is 14.0 Å². The van der Waals surface area contributed by atoms with Crippen LogP contribution in [0, 0.1) is 5.82 Å². The van der Waals surface area contributed by atoms with Gasteiger partial charge >= 0.3 is 0 Å². The van der Waals surface area contributed by atoms with E-state index in [0.717, 1.165) is 35.5 Å². The maximum absolute atomic E-state index is 14.4. The van der Waals surface area contributed by atoms with E-state index in [1.54, 1.807) is 34.9 Å². The van der Waals surface area contributed by atoms with Crippen molar-refractivity contribution in [2.24, 2.45) is 0 Å². The number of fused-ring (bicyclic) bond motifs is 1. The van der Waals surface area contributed by atoms with Crippen molar-refractivity contribution in [1.29, 1.82) is 0 Å². The van der Waals surface area contributed by atoms with Crippen LogP contribution in [0.2, 0.25) is 0 Å². The van der Waals surface area contributed by atoms with Crippen LogP contribution in [-0.2, 0) is 11.3 Å². The molecule has 8 heteroatoms.